The fraction of sp³-hybridized carbons (Fsp3) is 0.211. The van der Waals surface area contributed by atoms with Crippen molar-refractivity contribution in [1.29, 1.82) is 0 Å². The predicted octanol–water partition coefficient (Wildman–Crippen LogP) is 1.76. The number of nitrogens with one attached hydrogen (secondary N) is 2. The van der Waals surface area contributed by atoms with E-state index in [9.17, 15) is 9.59 Å². The maximum Gasteiger partial charge on any atom is 0.270 e. The van der Waals surface area contributed by atoms with Crippen LogP contribution in [0.4, 0.5) is 0 Å². The van der Waals surface area contributed by atoms with Crippen molar-refractivity contribution >= 4 is 11.8 Å². The van der Waals surface area contributed by atoms with Gasteiger partial charge >= 0.3 is 0 Å². The van der Waals surface area contributed by atoms with Crippen LogP contribution in [0.2, 0.25) is 0 Å². The fourth-order valence-electron chi connectivity index (χ4n) is 3.17. The lowest BCUT2D eigenvalue weighted by Crippen LogP contribution is -2.50. The second-order valence-electron chi connectivity index (χ2n) is 6.36. The summed E-state index contributed by atoms with van der Waals surface area (Å²) in [7, 11) is 1.76. The van der Waals surface area contributed by atoms with Crippen molar-refractivity contribution in [2.45, 2.75) is 12.6 Å². The Morgan fingerprint density at radius 1 is 1.27 bits per heavy atom. The summed E-state index contributed by atoms with van der Waals surface area (Å²) in [5.41, 5.74) is 2.74. The van der Waals surface area contributed by atoms with E-state index in [2.05, 4.69) is 15.5 Å². The standard InChI is InChI=1S/C19H19N5O2/c1-23-14(12-24-9-5-8-17(24)19(23)26)11-20-18(25)16-10-15(21-22-16)13-6-3-2-4-7-13/h2-10,14H,11-12H2,1H3,(H,20,25)(H,21,22). The Balaban J connectivity index is 1.42. The molecule has 7 heteroatoms. The summed E-state index contributed by atoms with van der Waals surface area (Å²) in [4.78, 5) is 26.4. The lowest BCUT2D eigenvalue weighted by atomic mass is 10.1. The molecule has 3 aromatic rings. The van der Waals surface area contributed by atoms with Crippen molar-refractivity contribution < 1.29 is 9.59 Å². The number of amides is 2. The number of likely N-dealkylation sites (N-methyl/N-ethyl adjacent to an activating group) is 1. The monoisotopic (exact) mass is 349 g/mol. The molecule has 1 aliphatic rings. The zero-order valence-electron chi connectivity index (χ0n) is 14.3. The predicted molar refractivity (Wildman–Crippen MR) is 96.7 cm³/mol. The first-order valence-electron chi connectivity index (χ1n) is 8.45. The third kappa shape index (κ3) is 2.88. The van der Waals surface area contributed by atoms with Gasteiger partial charge in [-0.3, -0.25) is 14.7 Å². The van der Waals surface area contributed by atoms with Crippen LogP contribution in [0, 0.1) is 0 Å². The number of fused-ring (bicyclic) bond motifs is 1. The second kappa shape index (κ2) is 6.51. The van der Waals surface area contributed by atoms with Crippen molar-refractivity contribution in [1.82, 2.24) is 25.0 Å². The van der Waals surface area contributed by atoms with Gasteiger partial charge < -0.3 is 14.8 Å². The van der Waals surface area contributed by atoms with Crippen LogP contribution in [0.25, 0.3) is 11.3 Å². The van der Waals surface area contributed by atoms with E-state index in [1.807, 2.05) is 53.2 Å². The van der Waals surface area contributed by atoms with E-state index < -0.39 is 0 Å². The number of nitrogens with zero attached hydrogens (tertiary/aromatic N) is 3. The molecule has 3 heterocycles. The topological polar surface area (TPSA) is 83.0 Å². The third-order valence-corrected chi connectivity index (χ3v) is 4.71. The molecule has 0 fully saturated rings. The van der Waals surface area contributed by atoms with Crippen molar-refractivity contribution in [3.63, 3.8) is 0 Å². The Labute approximate surface area is 150 Å². The normalized spacial score (nSPS) is 16.4. The molecule has 1 aliphatic heterocycles. The number of rotatable bonds is 4. The van der Waals surface area contributed by atoms with E-state index in [1.54, 1.807) is 18.0 Å². The minimum Gasteiger partial charge on any atom is -0.349 e. The van der Waals surface area contributed by atoms with Gasteiger partial charge in [-0.15, -0.1) is 0 Å². The van der Waals surface area contributed by atoms with Gasteiger partial charge in [-0.25, -0.2) is 0 Å². The summed E-state index contributed by atoms with van der Waals surface area (Å²) in [5.74, 6) is -0.271. The van der Waals surface area contributed by atoms with Gasteiger partial charge in [0, 0.05) is 31.9 Å². The van der Waals surface area contributed by atoms with E-state index in [0.717, 1.165) is 11.3 Å². The van der Waals surface area contributed by atoms with Crippen LogP contribution < -0.4 is 5.32 Å². The molecular formula is C19H19N5O2. The van der Waals surface area contributed by atoms with Crippen LogP contribution in [-0.2, 0) is 6.54 Å². The summed E-state index contributed by atoms with van der Waals surface area (Å²) < 4.78 is 1.92. The van der Waals surface area contributed by atoms with Crippen LogP contribution in [0.5, 0.6) is 0 Å². The maximum atomic E-state index is 12.4. The molecule has 0 aliphatic carbocycles. The minimum absolute atomic E-state index is 0.0339. The molecule has 0 radical (unpaired) electrons. The average molecular weight is 349 g/mol. The summed E-state index contributed by atoms with van der Waals surface area (Å²) in [6, 6.07) is 15.0. The molecule has 0 spiro atoms. The van der Waals surface area contributed by atoms with Gasteiger partial charge in [0.2, 0.25) is 0 Å². The molecule has 26 heavy (non-hydrogen) atoms. The Morgan fingerprint density at radius 3 is 2.88 bits per heavy atom. The molecule has 2 aromatic heterocycles. The van der Waals surface area contributed by atoms with Crippen LogP contribution in [0.3, 0.4) is 0 Å². The Kier molecular flexibility index (Phi) is 4.04. The zero-order valence-corrected chi connectivity index (χ0v) is 14.3. The number of benzene rings is 1. The summed E-state index contributed by atoms with van der Waals surface area (Å²) in [6.07, 6.45) is 1.89. The summed E-state index contributed by atoms with van der Waals surface area (Å²) in [5, 5.41) is 9.86. The number of carbonyl (C=O) groups excluding carboxylic acids is 2. The Hall–Kier alpha value is -3.35. The SMILES string of the molecule is CN1C(=O)c2cccn2CC1CNC(=O)c1cc(-c2ccccc2)n[nH]1. The summed E-state index contributed by atoms with van der Waals surface area (Å²) >= 11 is 0. The van der Waals surface area contributed by atoms with Gasteiger partial charge in [0.15, 0.2) is 0 Å². The smallest absolute Gasteiger partial charge is 0.270 e. The van der Waals surface area contributed by atoms with Crippen LogP contribution in [-0.4, -0.2) is 51.1 Å². The molecule has 0 bridgehead atoms. The third-order valence-electron chi connectivity index (χ3n) is 4.71. The molecule has 4 rings (SSSR count). The van der Waals surface area contributed by atoms with Crippen molar-refractivity contribution in [2.75, 3.05) is 13.6 Å². The number of carbonyl (C=O) groups is 2. The minimum atomic E-state index is -0.237. The van der Waals surface area contributed by atoms with Crippen molar-refractivity contribution in [3.8, 4) is 11.3 Å². The first kappa shape index (κ1) is 16.1. The van der Waals surface area contributed by atoms with Gasteiger partial charge in [-0.1, -0.05) is 30.3 Å². The second-order valence-corrected chi connectivity index (χ2v) is 6.36. The molecule has 1 unspecified atom stereocenters. The first-order chi connectivity index (χ1) is 12.6. The highest BCUT2D eigenvalue weighted by molar-refractivity contribution is 5.94. The summed E-state index contributed by atoms with van der Waals surface area (Å²) in [6.45, 7) is 1.03. The van der Waals surface area contributed by atoms with Crippen molar-refractivity contribution in [2.24, 2.45) is 0 Å². The molecule has 132 valence electrons. The molecule has 2 amide bonds. The molecule has 1 atom stereocenters. The maximum absolute atomic E-state index is 12.4. The highest BCUT2D eigenvalue weighted by Crippen LogP contribution is 2.18. The molecular weight excluding hydrogens is 330 g/mol. The lowest BCUT2D eigenvalue weighted by molar-refractivity contribution is 0.0645. The largest absolute Gasteiger partial charge is 0.349 e. The number of H-pyrrole nitrogens is 1. The van der Waals surface area contributed by atoms with Gasteiger partial charge in [0.25, 0.3) is 11.8 Å². The molecule has 0 saturated carbocycles. The zero-order chi connectivity index (χ0) is 18.1. The number of hydrogen-bond donors (Lipinski definition) is 2. The number of aromatic amines is 1. The van der Waals surface area contributed by atoms with E-state index >= 15 is 0 Å². The Bertz CT molecular complexity index is 944. The van der Waals surface area contributed by atoms with Crippen LogP contribution in [0.15, 0.2) is 54.7 Å². The molecule has 1 aromatic carbocycles. The Morgan fingerprint density at radius 2 is 2.08 bits per heavy atom. The van der Waals surface area contributed by atoms with Gasteiger partial charge in [0.1, 0.15) is 11.4 Å². The van der Waals surface area contributed by atoms with Gasteiger partial charge in [0.05, 0.1) is 11.7 Å². The van der Waals surface area contributed by atoms with Gasteiger partial charge in [-0.2, -0.15) is 5.10 Å². The molecule has 2 N–H and O–H groups in total. The molecule has 0 saturated heterocycles. The fourth-order valence-corrected chi connectivity index (χ4v) is 3.17. The van der Waals surface area contributed by atoms with Crippen LogP contribution in [0.1, 0.15) is 21.0 Å². The highest BCUT2D eigenvalue weighted by Gasteiger charge is 2.29. The van der Waals surface area contributed by atoms with E-state index in [-0.39, 0.29) is 17.9 Å². The van der Waals surface area contributed by atoms with Crippen molar-refractivity contribution in [3.05, 3.63) is 66.1 Å². The lowest BCUT2D eigenvalue weighted by Gasteiger charge is -2.33. The quantitative estimate of drug-likeness (QED) is 0.753. The van der Waals surface area contributed by atoms with Gasteiger partial charge in [-0.05, 0) is 18.2 Å². The molecule has 7 nitrogen and oxygen atoms in total. The highest BCUT2D eigenvalue weighted by atomic mass is 16.2. The van der Waals surface area contributed by atoms with E-state index in [0.29, 0.717) is 24.5 Å². The van der Waals surface area contributed by atoms with E-state index in [1.165, 1.54) is 0 Å². The average Bonchev–Trinajstić information content (AvgIpc) is 3.33. The van der Waals surface area contributed by atoms with E-state index in [4.69, 9.17) is 0 Å². The van der Waals surface area contributed by atoms with Crippen LogP contribution >= 0.6 is 0 Å². The number of hydrogen-bond acceptors (Lipinski definition) is 3. The number of aromatic nitrogens is 3. The first-order valence-corrected chi connectivity index (χ1v) is 8.45.